The van der Waals surface area contributed by atoms with E-state index in [4.69, 9.17) is 38.4 Å². The molecule has 0 saturated carbocycles. The van der Waals surface area contributed by atoms with E-state index in [9.17, 15) is 5.11 Å². The molecule has 1 atom stereocenters. The van der Waals surface area contributed by atoms with Crippen LogP contribution in [-0.2, 0) is 0 Å². The summed E-state index contributed by atoms with van der Waals surface area (Å²) >= 11 is 11.8. The first kappa shape index (κ1) is 15.8. The lowest BCUT2D eigenvalue weighted by molar-refractivity contribution is 0.0629. The van der Waals surface area contributed by atoms with E-state index in [2.05, 4.69) is 0 Å². The Morgan fingerprint density at radius 3 is 2.33 bits per heavy atom. The topological polar surface area (TPSA) is 64.7 Å². The summed E-state index contributed by atoms with van der Waals surface area (Å²) in [5.74, 6) is 0.986. The summed E-state index contributed by atoms with van der Waals surface area (Å²) in [5.41, 5.74) is 6.26. The van der Waals surface area contributed by atoms with Gasteiger partial charge in [0.05, 0.1) is 10.7 Å². The number of hydrogen-bond acceptors (Lipinski definition) is 4. The van der Waals surface area contributed by atoms with Crippen molar-refractivity contribution >= 4 is 28.9 Å². The van der Waals surface area contributed by atoms with Crippen molar-refractivity contribution < 1.29 is 14.6 Å². The van der Waals surface area contributed by atoms with Crippen LogP contribution in [0, 0.1) is 0 Å². The number of benzene rings is 2. The predicted octanol–water partition coefficient (Wildman–Crippen LogP) is 3.39. The van der Waals surface area contributed by atoms with Gasteiger partial charge in [0.1, 0.15) is 30.8 Å². The van der Waals surface area contributed by atoms with Gasteiger partial charge in [-0.05, 0) is 30.3 Å². The first-order chi connectivity index (χ1) is 10.1. The van der Waals surface area contributed by atoms with Crippen LogP contribution in [0.15, 0.2) is 42.5 Å². The molecule has 0 aliphatic heterocycles. The number of ether oxygens (including phenoxy) is 2. The van der Waals surface area contributed by atoms with E-state index in [0.29, 0.717) is 27.2 Å². The van der Waals surface area contributed by atoms with Gasteiger partial charge in [-0.2, -0.15) is 0 Å². The van der Waals surface area contributed by atoms with Gasteiger partial charge in [-0.1, -0.05) is 35.3 Å². The molecule has 3 N–H and O–H groups in total. The summed E-state index contributed by atoms with van der Waals surface area (Å²) in [5, 5.41) is 10.8. The maximum absolute atomic E-state index is 9.85. The normalized spacial score (nSPS) is 12.0. The summed E-state index contributed by atoms with van der Waals surface area (Å²) in [7, 11) is 0. The molecule has 0 fully saturated rings. The van der Waals surface area contributed by atoms with Crippen LogP contribution in [0.4, 0.5) is 5.69 Å². The third-order valence-corrected chi connectivity index (χ3v) is 3.21. The molecule has 0 aliphatic rings. The Kier molecular flexibility index (Phi) is 5.56. The van der Waals surface area contributed by atoms with Crippen molar-refractivity contribution in [3.63, 3.8) is 0 Å². The van der Waals surface area contributed by atoms with Gasteiger partial charge in [0.15, 0.2) is 0 Å². The summed E-state index contributed by atoms with van der Waals surface area (Å²) in [6, 6.07) is 12.0. The molecule has 0 heterocycles. The lowest BCUT2D eigenvalue weighted by Gasteiger charge is -2.15. The lowest BCUT2D eigenvalue weighted by Crippen LogP contribution is -2.25. The lowest BCUT2D eigenvalue weighted by atomic mass is 10.3. The molecule has 4 nitrogen and oxygen atoms in total. The van der Waals surface area contributed by atoms with Gasteiger partial charge in [-0.3, -0.25) is 0 Å². The maximum Gasteiger partial charge on any atom is 0.142 e. The molecule has 0 aliphatic carbocycles. The molecule has 2 aromatic carbocycles. The largest absolute Gasteiger partial charge is 0.489 e. The second-order valence-electron chi connectivity index (χ2n) is 4.39. The van der Waals surface area contributed by atoms with E-state index in [1.807, 2.05) is 12.1 Å². The summed E-state index contributed by atoms with van der Waals surface area (Å²) in [6.45, 7) is 0.119. The number of nitrogen functional groups attached to an aromatic ring is 1. The molecule has 0 radical (unpaired) electrons. The zero-order valence-corrected chi connectivity index (χ0v) is 12.6. The third-order valence-electron chi connectivity index (χ3n) is 2.68. The Morgan fingerprint density at radius 2 is 1.67 bits per heavy atom. The highest BCUT2D eigenvalue weighted by Gasteiger charge is 2.09. The average molecular weight is 328 g/mol. The van der Waals surface area contributed by atoms with Crippen LogP contribution >= 0.6 is 23.2 Å². The Balaban J connectivity index is 1.82. The summed E-state index contributed by atoms with van der Waals surface area (Å²) in [6.07, 6.45) is -0.809. The van der Waals surface area contributed by atoms with Crippen molar-refractivity contribution in [3.8, 4) is 11.5 Å². The zero-order chi connectivity index (χ0) is 15.2. The summed E-state index contributed by atoms with van der Waals surface area (Å²) in [4.78, 5) is 0. The molecule has 0 amide bonds. The predicted molar refractivity (Wildman–Crippen MR) is 84.3 cm³/mol. The van der Waals surface area contributed by atoms with Crippen molar-refractivity contribution in [2.75, 3.05) is 18.9 Å². The highest BCUT2D eigenvalue weighted by molar-refractivity contribution is 6.35. The van der Waals surface area contributed by atoms with Crippen molar-refractivity contribution in [2.24, 2.45) is 0 Å². The molecule has 6 heteroatoms. The molecular formula is C15H15Cl2NO3. The minimum absolute atomic E-state index is 0.0497. The van der Waals surface area contributed by atoms with Crippen LogP contribution in [-0.4, -0.2) is 24.4 Å². The van der Waals surface area contributed by atoms with Crippen molar-refractivity contribution in [3.05, 3.63) is 52.5 Å². The average Bonchev–Trinajstić information content (AvgIpc) is 2.45. The monoisotopic (exact) mass is 327 g/mol. The first-order valence-corrected chi connectivity index (χ1v) is 7.05. The first-order valence-electron chi connectivity index (χ1n) is 6.29. The van der Waals surface area contributed by atoms with E-state index in [0.717, 1.165) is 0 Å². The number of aliphatic hydroxyl groups excluding tert-OH is 1. The van der Waals surface area contributed by atoms with Gasteiger partial charge < -0.3 is 20.3 Å². The second kappa shape index (κ2) is 7.41. The van der Waals surface area contributed by atoms with Crippen LogP contribution in [0.3, 0.4) is 0 Å². The number of para-hydroxylation sites is 2. The third kappa shape index (κ3) is 4.70. The van der Waals surface area contributed by atoms with Crippen LogP contribution in [0.2, 0.25) is 10.0 Å². The Morgan fingerprint density at radius 1 is 1.00 bits per heavy atom. The van der Waals surface area contributed by atoms with Crippen molar-refractivity contribution in [1.82, 2.24) is 0 Å². The van der Waals surface area contributed by atoms with Gasteiger partial charge in [-0.25, -0.2) is 0 Å². The van der Waals surface area contributed by atoms with E-state index >= 15 is 0 Å². The number of halogens is 2. The second-order valence-corrected chi connectivity index (χ2v) is 5.23. The molecular weight excluding hydrogens is 313 g/mol. The molecule has 0 aromatic heterocycles. The van der Waals surface area contributed by atoms with Gasteiger partial charge in [-0.15, -0.1) is 0 Å². The molecule has 21 heavy (non-hydrogen) atoms. The van der Waals surface area contributed by atoms with Gasteiger partial charge in [0.25, 0.3) is 0 Å². The number of anilines is 1. The smallest absolute Gasteiger partial charge is 0.142 e. The Labute approximate surface area is 133 Å². The van der Waals surface area contributed by atoms with E-state index in [1.54, 1.807) is 30.3 Å². The highest BCUT2D eigenvalue weighted by atomic mass is 35.5. The number of rotatable bonds is 6. The Hall–Kier alpha value is -1.62. The van der Waals surface area contributed by atoms with E-state index in [1.165, 1.54) is 0 Å². The van der Waals surface area contributed by atoms with E-state index < -0.39 is 6.10 Å². The van der Waals surface area contributed by atoms with E-state index in [-0.39, 0.29) is 13.2 Å². The molecule has 2 rings (SSSR count). The van der Waals surface area contributed by atoms with Gasteiger partial charge >= 0.3 is 0 Å². The van der Waals surface area contributed by atoms with Crippen LogP contribution in [0.1, 0.15) is 0 Å². The van der Waals surface area contributed by atoms with Crippen molar-refractivity contribution in [1.29, 1.82) is 0 Å². The minimum atomic E-state index is -0.809. The maximum atomic E-state index is 9.85. The number of hydrogen-bond donors (Lipinski definition) is 2. The minimum Gasteiger partial charge on any atom is -0.489 e. The van der Waals surface area contributed by atoms with Gasteiger partial charge in [0, 0.05) is 5.02 Å². The SMILES string of the molecule is Nc1ccccc1OCC(O)COc1ccc(Cl)cc1Cl. The number of aliphatic hydroxyl groups is 1. The quantitative estimate of drug-likeness (QED) is 0.798. The van der Waals surface area contributed by atoms with Crippen LogP contribution < -0.4 is 15.2 Å². The van der Waals surface area contributed by atoms with Gasteiger partial charge in [0.2, 0.25) is 0 Å². The molecule has 112 valence electrons. The zero-order valence-electron chi connectivity index (χ0n) is 11.1. The molecule has 0 saturated heterocycles. The fourth-order valence-electron chi connectivity index (χ4n) is 1.62. The molecule has 0 bridgehead atoms. The highest BCUT2D eigenvalue weighted by Crippen LogP contribution is 2.27. The Bertz CT molecular complexity index is 607. The standard InChI is InChI=1S/C15H15Cl2NO3/c16-10-5-6-14(12(17)7-10)20-8-11(19)9-21-15-4-2-1-3-13(15)18/h1-7,11,19H,8-9,18H2. The molecule has 1 unspecified atom stereocenters. The fourth-order valence-corrected chi connectivity index (χ4v) is 2.09. The molecule has 2 aromatic rings. The number of nitrogens with two attached hydrogens (primary N) is 1. The van der Waals surface area contributed by atoms with Crippen molar-refractivity contribution in [2.45, 2.75) is 6.10 Å². The van der Waals surface area contributed by atoms with Crippen LogP contribution in [0.5, 0.6) is 11.5 Å². The van der Waals surface area contributed by atoms with Crippen LogP contribution in [0.25, 0.3) is 0 Å². The summed E-state index contributed by atoms with van der Waals surface area (Å²) < 4.78 is 10.8. The fraction of sp³-hybridized carbons (Fsp3) is 0.200. The molecule has 0 spiro atoms.